The fourth-order valence-electron chi connectivity index (χ4n) is 1.33. The molecule has 0 fully saturated rings. The van der Waals surface area contributed by atoms with Crippen LogP contribution in [0.3, 0.4) is 0 Å². The van der Waals surface area contributed by atoms with Crippen LogP contribution in [0.25, 0.3) is 0 Å². The van der Waals surface area contributed by atoms with E-state index >= 15 is 0 Å². The summed E-state index contributed by atoms with van der Waals surface area (Å²) >= 11 is 0. The van der Waals surface area contributed by atoms with E-state index in [1.165, 1.54) is 16.9 Å². The normalized spacial score (nSPS) is 13.3. The lowest BCUT2D eigenvalue weighted by Gasteiger charge is -2.19. The van der Waals surface area contributed by atoms with Gasteiger partial charge >= 0.3 is 0 Å². The average molecular weight is 269 g/mol. The van der Waals surface area contributed by atoms with Crippen LogP contribution in [-0.2, 0) is 11.3 Å². The van der Waals surface area contributed by atoms with Gasteiger partial charge in [-0.3, -0.25) is 4.79 Å². The molecule has 0 bridgehead atoms. The zero-order valence-electron chi connectivity index (χ0n) is 12.0. The molecule has 108 valence electrons. The van der Waals surface area contributed by atoms with E-state index in [1.54, 1.807) is 0 Å². The number of aromatic nitrogens is 2. The van der Waals surface area contributed by atoms with Crippen molar-refractivity contribution in [3.63, 3.8) is 0 Å². The summed E-state index contributed by atoms with van der Waals surface area (Å²) in [5, 5.41) is 4.03. The number of hydrogen-bond acceptors (Lipinski definition) is 5. The highest BCUT2D eigenvalue weighted by Gasteiger charge is 2.10. The van der Waals surface area contributed by atoms with Gasteiger partial charge in [-0.1, -0.05) is 0 Å². The van der Waals surface area contributed by atoms with Crippen LogP contribution in [0.4, 0.5) is 0 Å². The molecule has 1 aromatic heterocycles. The number of nitrogens with zero attached hydrogens (tertiary/aromatic N) is 2. The molecule has 19 heavy (non-hydrogen) atoms. The van der Waals surface area contributed by atoms with Gasteiger partial charge in [0.1, 0.15) is 12.4 Å². The van der Waals surface area contributed by atoms with Crippen LogP contribution < -0.4 is 16.0 Å². The zero-order chi connectivity index (χ0) is 14.5. The van der Waals surface area contributed by atoms with Crippen molar-refractivity contribution in [3.8, 4) is 5.75 Å². The Morgan fingerprint density at radius 1 is 1.47 bits per heavy atom. The third kappa shape index (κ3) is 6.35. The van der Waals surface area contributed by atoms with Gasteiger partial charge in [0.2, 0.25) is 0 Å². The van der Waals surface area contributed by atoms with Crippen molar-refractivity contribution < 1.29 is 9.47 Å². The number of nitrogens with two attached hydrogens (primary N) is 1. The van der Waals surface area contributed by atoms with Gasteiger partial charge in [0, 0.05) is 12.1 Å². The predicted octanol–water partition coefficient (Wildman–Crippen LogP) is 0.784. The minimum absolute atomic E-state index is 0.0809. The standard InChI is InChI=1S/C13H23N3O3/c1-10(14)9-18-11-7-12(17)16(15-8-11)5-6-19-13(2,3)4/h7-8,10H,5-6,9,14H2,1-4H3. The third-order valence-electron chi connectivity index (χ3n) is 2.20. The van der Waals surface area contributed by atoms with Gasteiger partial charge in [0.05, 0.1) is 24.9 Å². The summed E-state index contributed by atoms with van der Waals surface area (Å²) in [6, 6.07) is 1.33. The van der Waals surface area contributed by atoms with Gasteiger partial charge in [0.15, 0.2) is 0 Å². The monoisotopic (exact) mass is 269 g/mol. The molecule has 0 amide bonds. The maximum Gasteiger partial charge on any atom is 0.270 e. The van der Waals surface area contributed by atoms with Gasteiger partial charge in [0.25, 0.3) is 5.56 Å². The molecule has 6 heteroatoms. The van der Waals surface area contributed by atoms with Gasteiger partial charge < -0.3 is 15.2 Å². The smallest absolute Gasteiger partial charge is 0.270 e. The minimum Gasteiger partial charge on any atom is -0.490 e. The topological polar surface area (TPSA) is 79.4 Å². The van der Waals surface area contributed by atoms with Crippen molar-refractivity contribution in [3.05, 3.63) is 22.6 Å². The van der Waals surface area contributed by atoms with E-state index in [9.17, 15) is 4.79 Å². The Hall–Kier alpha value is -1.40. The fourth-order valence-corrected chi connectivity index (χ4v) is 1.33. The van der Waals surface area contributed by atoms with Crippen LogP contribution >= 0.6 is 0 Å². The second kappa shape index (κ2) is 6.68. The first-order valence-electron chi connectivity index (χ1n) is 6.37. The molecule has 1 unspecified atom stereocenters. The highest BCUT2D eigenvalue weighted by Crippen LogP contribution is 2.06. The molecule has 0 spiro atoms. The van der Waals surface area contributed by atoms with Crippen LogP contribution in [0.15, 0.2) is 17.1 Å². The van der Waals surface area contributed by atoms with Gasteiger partial charge in [-0.25, -0.2) is 4.68 Å². The van der Waals surface area contributed by atoms with Crippen LogP contribution in [0.5, 0.6) is 5.75 Å². The van der Waals surface area contributed by atoms with Gasteiger partial charge in [-0.05, 0) is 27.7 Å². The summed E-state index contributed by atoms with van der Waals surface area (Å²) in [6.07, 6.45) is 1.51. The first-order chi connectivity index (χ1) is 8.78. The molecule has 0 aliphatic heterocycles. The lowest BCUT2D eigenvalue weighted by atomic mass is 10.2. The Morgan fingerprint density at radius 2 is 2.16 bits per heavy atom. The van der Waals surface area contributed by atoms with Crippen LogP contribution in [-0.4, -0.2) is 34.6 Å². The van der Waals surface area contributed by atoms with E-state index in [4.69, 9.17) is 15.2 Å². The van der Waals surface area contributed by atoms with Crippen molar-refractivity contribution in [2.75, 3.05) is 13.2 Å². The molecule has 0 saturated carbocycles. The summed E-state index contributed by atoms with van der Waals surface area (Å²) in [7, 11) is 0. The molecule has 0 radical (unpaired) electrons. The van der Waals surface area contributed by atoms with Gasteiger partial charge in [-0.2, -0.15) is 5.10 Å². The van der Waals surface area contributed by atoms with E-state index in [-0.39, 0.29) is 17.2 Å². The number of hydrogen-bond donors (Lipinski definition) is 1. The van der Waals surface area contributed by atoms with Crippen molar-refractivity contribution in [2.45, 2.75) is 45.9 Å². The zero-order valence-corrected chi connectivity index (χ0v) is 12.0. The number of rotatable bonds is 6. The highest BCUT2D eigenvalue weighted by atomic mass is 16.5. The molecule has 1 aromatic rings. The third-order valence-corrected chi connectivity index (χ3v) is 2.20. The van der Waals surface area contributed by atoms with Crippen LogP contribution in [0.2, 0.25) is 0 Å². The van der Waals surface area contributed by atoms with E-state index in [0.717, 1.165) is 0 Å². The Balaban J connectivity index is 2.55. The molecule has 1 rings (SSSR count). The Morgan fingerprint density at radius 3 is 2.68 bits per heavy atom. The molecule has 6 nitrogen and oxygen atoms in total. The van der Waals surface area contributed by atoms with Crippen molar-refractivity contribution in [1.82, 2.24) is 9.78 Å². The molecule has 0 aliphatic rings. The van der Waals surface area contributed by atoms with Crippen molar-refractivity contribution in [2.24, 2.45) is 5.73 Å². The second-order valence-corrected chi connectivity index (χ2v) is 5.50. The van der Waals surface area contributed by atoms with Crippen molar-refractivity contribution >= 4 is 0 Å². The molecule has 0 aliphatic carbocycles. The molecule has 0 saturated heterocycles. The summed E-state index contributed by atoms with van der Waals surface area (Å²) in [5.41, 5.74) is 5.14. The Kier molecular flexibility index (Phi) is 5.50. The first kappa shape index (κ1) is 15.7. The summed E-state index contributed by atoms with van der Waals surface area (Å²) in [5.74, 6) is 0.440. The maximum atomic E-state index is 11.8. The van der Waals surface area contributed by atoms with E-state index in [0.29, 0.717) is 25.5 Å². The van der Waals surface area contributed by atoms with E-state index in [1.807, 2.05) is 27.7 Å². The summed E-state index contributed by atoms with van der Waals surface area (Å²) < 4.78 is 12.2. The van der Waals surface area contributed by atoms with E-state index < -0.39 is 0 Å². The molecular formula is C13H23N3O3. The average Bonchev–Trinajstić information content (AvgIpc) is 2.27. The fraction of sp³-hybridized carbons (Fsp3) is 0.692. The molecular weight excluding hydrogens is 246 g/mol. The molecule has 2 N–H and O–H groups in total. The van der Waals surface area contributed by atoms with Gasteiger partial charge in [-0.15, -0.1) is 0 Å². The minimum atomic E-state index is -0.218. The maximum absolute atomic E-state index is 11.8. The quantitative estimate of drug-likeness (QED) is 0.825. The molecule has 0 aromatic carbocycles. The largest absolute Gasteiger partial charge is 0.490 e. The Labute approximate surface area is 113 Å². The van der Waals surface area contributed by atoms with E-state index in [2.05, 4.69) is 5.10 Å². The summed E-state index contributed by atoms with van der Waals surface area (Å²) in [4.78, 5) is 11.8. The van der Waals surface area contributed by atoms with Crippen LogP contribution in [0, 0.1) is 0 Å². The highest BCUT2D eigenvalue weighted by molar-refractivity contribution is 5.13. The second-order valence-electron chi connectivity index (χ2n) is 5.50. The van der Waals surface area contributed by atoms with Crippen molar-refractivity contribution in [1.29, 1.82) is 0 Å². The predicted molar refractivity (Wildman–Crippen MR) is 73.3 cm³/mol. The molecule has 1 atom stereocenters. The Bertz CT molecular complexity index is 449. The lowest BCUT2D eigenvalue weighted by molar-refractivity contribution is -0.00839. The van der Waals surface area contributed by atoms with Crippen LogP contribution in [0.1, 0.15) is 27.7 Å². The SMILES string of the molecule is CC(N)COc1cnn(CCOC(C)(C)C)c(=O)c1. The number of ether oxygens (including phenoxy) is 2. The molecule has 1 heterocycles. The lowest BCUT2D eigenvalue weighted by Crippen LogP contribution is -2.28. The summed E-state index contributed by atoms with van der Waals surface area (Å²) in [6.45, 7) is 8.95. The first-order valence-corrected chi connectivity index (χ1v) is 6.37.